The maximum absolute atomic E-state index is 4.39. The zero-order chi connectivity index (χ0) is 14.7. The highest BCUT2D eigenvalue weighted by Gasteiger charge is 2.24. The molecule has 21 heavy (non-hydrogen) atoms. The summed E-state index contributed by atoms with van der Waals surface area (Å²) in [4.78, 5) is 15.1. The Bertz CT molecular complexity index is 552. The number of hydrogen-bond acceptors (Lipinski definition) is 6. The monoisotopic (exact) mass is 322 g/mol. The SMILES string of the molecule is Cc1ncsc1CN(C)C[C@H]1CCN(Cc2cscn2)C1. The lowest BCUT2D eigenvalue weighted by Crippen LogP contribution is -2.28. The Labute approximate surface area is 134 Å². The second-order valence-corrected chi connectivity index (χ2v) is 7.59. The number of hydrogen-bond donors (Lipinski definition) is 0. The van der Waals surface area contributed by atoms with E-state index in [0.717, 1.165) is 19.0 Å². The van der Waals surface area contributed by atoms with Crippen molar-refractivity contribution in [3.05, 3.63) is 32.7 Å². The van der Waals surface area contributed by atoms with Crippen LogP contribution in [-0.2, 0) is 13.1 Å². The highest BCUT2D eigenvalue weighted by molar-refractivity contribution is 7.09. The molecule has 0 N–H and O–H groups in total. The summed E-state index contributed by atoms with van der Waals surface area (Å²) in [5, 5.41) is 2.16. The van der Waals surface area contributed by atoms with E-state index in [-0.39, 0.29) is 0 Å². The first-order valence-electron chi connectivity index (χ1n) is 7.37. The lowest BCUT2D eigenvalue weighted by atomic mass is 10.1. The fraction of sp³-hybridized carbons (Fsp3) is 0.600. The first-order chi connectivity index (χ1) is 10.2. The summed E-state index contributed by atoms with van der Waals surface area (Å²) in [6, 6.07) is 0. The van der Waals surface area contributed by atoms with Gasteiger partial charge >= 0.3 is 0 Å². The van der Waals surface area contributed by atoms with Crippen molar-refractivity contribution in [3.8, 4) is 0 Å². The number of thiazole rings is 2. The molecule has 6 heteroatoms. The van der Waals surface area contributed by atoms with Gasteiger partial charge in [0.2, 0.25) is 0 Å². The molecule has 1 fully saturated rings. The maximum Gasteiger partial charge on any atom is 0.0798 e. The van der Waals surface area contributed by atoms with E-state index in [1.54, 1.807) is 22.7 Å². The van der Waals surface area contributed by atoms with E-state index in [0.29, 0.717) is 0 Å². The third-order valence-electron chi connectivity index (χ3n) is 4.07. The molecule has 0 aromatic carbocycles. The molecule has 0 aliphatic carbocycles. The lowest BCUT2D eigenvalue weighted by molar-refractivity contribution is 0.255. The molecule has 0 unspecified atom stereocenters. The molecule has 3 heterocycles. The molecule has 0 bridgehead atoms. The second-order valence-electron chi connectivity index (χ2n) is 5.93. The van der Waals surface area contributed by atoms with Gasteiger partial charge in [-0.05, 0) is 32.9 Å². The molecule has 0 amide bonds. The van der Waals surface area contributed by atoms with Crippen molar-refractivity contribution in [3.63, 3.8) is 0 Å². The van der Waals surface area contributed by atoms with Crippen LogP contribution in [0.4, 0.5) is 0 Å². The third-order valence-corrected chi connectivity index (χ3v) is 5.62. The fourth-order valence-corrected chi connectivity index (χ4v) is 4.38. The van der Waals surface area contributed by atoms with Gasteiger partial charge in [0.05, 0.1) is 22.4 Å². The summed E-state index contributed by atoms with van der Waals surface area (Å²) >= 11 is 3.46. The number of aryl methyl sites for hydroxylation is 1. The Morgan fingerprint density at radius 3 is 3.00 bits per heavy atom. The number of rotatable bonds is 6. The molecule has 0 radical (unpaired) electrons. The van der Waals surface area contributed by atoms with Crippen LogP contribution >= 0.6 is 22.7 Å². The molecule has 1 saturated heterocycles. The second kappa shape index (κ2) is 6.96. The van der Waals surface area contributed by atoms with E-state index in [4.69, 9.17) is 0 Å². The molecule has 0 saturated carbocycles. The molecule has 1 aliphatic heterocycles. The van der Waals surface area contributed by atoms with Gasteiger partial charge in [0.25, 0.3) is 0 Å². The Hall–Kier alpha value is -0.820. The summed E-state index contributed by atoms with van der Waals surface area (Å²) in [7, 11) is 2.22. The van der Waals surface area contributed by atoms with Crippen LogP contribution in [0.3, 0.4) is 0 Å². The quantitative estimate of drug-likeness (QED) is 0.818. The van der Waals surface area contributed by atoms with Gasteiger partial charge in [0.1, 0.15) is 0 Å². The molecule has 2 aromatic heterocycles. The van der Waals surface area contributed by atoms with Crippen LogP contribution in [0.25, 0.3) is 0 Å². The standard InChI is InChI=1S/C15H22N4S2/c1-12-15(21-11-16-12)8-18(2)5-13-3-4-19(6-13)7-14-9-20-10-17-14/h9-11,13H,3-8H2,1-2H3/t13-/m1/s1. The van der Waals surface area contributed by atoms with Crippen molar-refractivity contribution >= 4 is 22.7 Å². The zero-order valence-corrected chi connectivity index (χ0v) is 14.3. The molecule has 3 rings (SSSR count). The summed E-state index contributed by atoms with van der Waals surface area (Å²) in [6.07, 6.45) is 1.30. The lowest BCUT2D eigenvalue weighted by Gasteiger charge is -2.21. The van der Waals surface area contributed by atoms with E-state index in [1.165, 1.54) is 42.3 Å². The van der Waals surface area contributed by atoms with Gasteiger partial charge in [-0.15, -0.1) is 22.7 Å². The van der Waals surface area contributed by atoms with Crippen LogP contribution < -0.4 is 0 Å². The molecule has 2 aromatic rings. The minimum Gasteiger partial charge on any atom is -0.301 e. The molecule has 0 spiro atoms. The predicted molar refractivity (Wildman–Crippen MR) is 88.7 cm³/mol. The van der Waals surface area contributed by atoms with Crippen molar-refractivity contribution < 1.29 is 0 Å². The Balaban J connectivity index is 1.45. The molecular formula is C15H22N4S2. The number of nitrogens with zero attached hydrogens (tertiary/aromatic N) is 4. The average Bonchev–Trinajstić information content (AvgIpc) is 3.16. The summed E-state index contributed by atoms with van der Waals surface area (Å²) in [6.45, 7) is 7.71. The zero-order valence-electron chi connectivity index (χ0n) is 12.7. The third kappa shape index (κ3) is 4.10. The Kier molecular flexibility index (Phi) is 5.00. The van der Waals surface area contributed by atoms with E-state index < -0.39 is 0 Å². The summed E-state index contributed by atoms with van der Waals surface area (Å²) in [5.41, 5.74) is 6.27. The van der Waals surface area contributed by atoms with Crippen molar-refractivity contribution in [2.75, 3.05) is 26.7 Å². The van der Waals surface area contributed by atoms with Gasteiger partial charge in [0, 0.05) is 36.4 Å². The van der Waals surface area contributed by atoms with Gasteiger partial charge < -0.3 is 4.90 Å². The van der Waals surface area contributed by atoms with Gasteiger partial charge in [-0.25, -0.2) is 9.97 Å². The first kappa shape index (κ1) is 15.1. The van der Waals surface area contributed by atoms with Crippen molar-refractivity contribution in [1.29, 1.82) is 0 Å². The van der Waals surface area contributed by atoms with Gasteiger partial charge in [-0.1, -0.05) is 0 Å². The Morgan fingerprint density at radius 2 is 2.29 bits per heavy atom. The highest BCUT2D eigenvalue weighted by Crippen LogP contribution is 2.21. The van der Waals surface area contributed by atoms with Crippen molar-refractivity contribution in [2.24, 2.45) is 5.92 Å². The molecular weight excluding hydrogens is 300 g/mol. The molecule has 4 nitrogen and oxygen atoms in total. The van der Waals surface area contributed by atoms with E-state index in [2.05, 4.69) is 39.1 Å². The van der Waals surface area contributed by atoms with E-state index >= 15 is 0 Å². The van der Waals surface area contributed by atoms with Crippen LogP contribution in [0.5, 0.6) is 0 Å². The largest absolute Gasteiger partial charge is 0.301 e. The minimum atomic E-state index is 0.780. The van der Waals surface area contributed by atoms with Crippen molar-refractivity contribution in [1.82, 2.24) is 19.8 Å². The Morgan fingerprint density at radius 1 is 1.38 bits per heavy atom. The van der Waals surface area contributed by atoms with Crippen LogP contribution in [0.1, 0.15) is 22.7 Å². The van der Waals surface area contributed by atoms with Crippen LogP contribution in [0, 0.1) is 12.8 Å². The fourth-order valence-electron chi connectivity index (χ4n) is 2.98. The predicted octanol–water partition coefficient (Wildman–Crippen LogP) is 2.86. The highest BCUT2D eigenvalue weighted by atomic mass is 32.1. The van der Waals surface area contributed by atoms with Crippen LogP contribution in [0.2, 0.25) is 0 Å². The minimum absolute atomic E-state index is 0.780. The summed E-state index contributed by atoms with van der Waals surface area (Å²) in [5.74, 6) is 0.780. The summed E-state index contributed by atoms with van der Waals surface area (Å²) < 4.78 is 0. The van der Waals surface area contributed by atoms with Gasteiger partial charge in [-0.2, -0.15) is 0 Å². The van der Waals surface area contributed by atoms with E-state index in [9.17, 15) is 0 Å². The van der Waals surface area contributed by atoms with Crippen LogP contribution in [-0.4, -0.2) is 46.4 Å². The molecule has 1 aliphatic rings. The topological polar surface area (TPSA) is 32.3 Å². The van der Waals surface area contributed by atoms with Crippen molar-refractivity contribution in [2.45, 2.75) is 26.4 Å². The van der Waals surface area contributed by atoms with Crippen LogP contribution in [0.15, 0.2) is 16.4 Å². The first-order valence-corrected chi connectivity index (χ1v) is 9.20. The average molecular weight is 323 g/mol. The normalized spacial score (nSPS) is 19.7. The smallest absolute Gasteiger partial charge is 0.0798 e. The molecule has 1 atom stereocenters. The molecule has 114 valence electrons. The van der Waals surface area contributed by atoms with E-state index in [1.807, 2.05) is 11.0 Å². The number of likely N-dealkylation sites (tertiary alicyclic amines) is 1. The van der Waals surface area contributed by atoms with Gasteiger partial charge in [0.15, 0.2) is 0 Å². The maximum atomic E-state index is 4.39. The number of aromatic nitrogens is 2. The van der Waals surface area contributed by atoms with Gasteiger partial charge in [-0.3, -0.25) is 4.90 Å².